The van der Waals surface area contributed by atoms with Crippen LogP contribution in [-0.4, -0.2) is 25.0 Å². The second kappa shape index (κ2) is 8.21. The summed E-state index contributed by atoms with van der Waals surface area (Å²) >= 11 is 0. The molecule has 2 amide bonds. The Hall–Kier alpha value is -3.22. The zero-order valence-electron chi connectivity index (χ0n) is 15.5. The van der Waals surface area contributed by atoms with Crippen molar-refractivity contribution < 1.29 is 23.2 Å². The van der Waals surface area contributed by atoms with Crippen molar-refractivity contribution in [2.24, 2.45) is 0 Å². The van der Waals surface area contributed by atoms with Crippen LogP contribution in [0, 0.1) is 0 Å². The van der Waals surface area contributed by atoms with E-state index in [2.05, 4.69) is 10.6 Å². The quantitative estimate of drug-likeness (QED) is 0.655. The summed E-state index contributed by atoms with van der Waals surface area (Å²) in [5, 5.41) is 6.26. The molecule has 1 aliphatic carbocycles. The molecule has 3 aromatic rings. The Kier molecular flexibility index (Phi) is 5.32. The van der Waals surface area contributed by atoms with Crippen LogP contribution in [0.1, 0.15) is 29.9 Å². The van der Waals surface area contributed by atoms with E-state index in [4.69, 9.17) is 13.6 Å². The Morgan fingerprint density at radius 2 is 1.96 bits per heavy atom. The Bertz CT molecular complexity index is 974. The van der Waals surface area contributed by atoms with Crippen LogP contribution in [0.4, 0.5) is 0 Å². The van der Waals surface area contributed by atoms with E-state index in [0.29, 0.717) is 11.5 Å². The molecule has 0 fully saturated rings. The van der Waals surface area contributed by atoms with Gasteiger partial charge in [-0.1, -0.05) is 0 Å². The Balaban J connectivity index is 1.25. The molecule has 1 aromatic carbocycles. The van der Waals surface area contributed by atoms with Gasteiger partial charge in [-0.25, -0.2) is 0 Å². The van der Waals surface area contributed by atoms with Crippen LogP contribution >= 0.6 is 0 Å². The molecule has 0 bridgehead atoms. The van der Waals surface area contributed by atoms with Gasteiger partial charge in [0.15, 0.2) is 6.61 Å². The van der Waals surface area contributed by atoms with Crippen molar-refractivity contribution in [3.05, 3.63) is 53.7 Å². The highest BCUT2D eigenvalue weighted by atomic mass is 16.5. The largest absolute Gasteiger partial charge is 0.484 e. The van der Waals surface area contributed by atoms with Gasteiger partial charge in [0.05, 0.1) is 19.4 Å². The number of rotatable bonds is 7. The number of carbonyl (C=O) groups excluding carboxylic acids is 2. The van der Waals surface area contributed by atoms with E-state index in [1.165, 1.54) is 11.8 Å². The molecule has 2 aromatic heterocycles. The summed E-state index contributed by atoms with van der Waals surface area (Å²) in [4.78, 5) is 23.7. The summed E-state index contributed by atoms with van der Waals surface area (Å²) in [5.41, 5.74) is 2.11. The predicted octanol–water partition coefficient (Wildman–Crippen LogP) is 2.72. The first kappa shape index (κ1) is 18.2. The fraction of sp³-hybridized carbons (Fsp3) is 0.333. The standard InChI is InChI=1S/C21H22N2O5/c24-20(22-11-15-4-3-9-26-15)12-23-21(25)13-27-14-7-8-19-17(10-14)16-5-1-2-6-18(16)28-19/h3-4,7-10H,1-2,5-6,11-13H2,(H,22,24)(H,23,25). The highest BCUT2D eigenvalue weighted by molar-refractivity contribution is 5.86. The Morgan fingerprint density at radius 1 is 1.07 bits per heavy atom. The van der Waals surface area contributed by atoms with Gasteiger partial charge >= 0.3 is 0 Å². The molecule has 0 spiro atoms. The minimum atomic E-state index is -0.359. The zero-order valence-corrected chi connectivity index (χ0v) is 15.5. The molecule has 0 aliphatic heterocycles. The lowest BCUT2D eigenvalue weighted by molar-refractivity contribution is -0.127. The Morgan fingerprint density at radius 3 is 2.82 bits per heavy atom. The smallest absolute Gasteiger partial charge is 0.258 e. The number of nitrogens with one attached hydrogen (secondary N) is 2. The minimum Gasteiger partial charge on any atom is -0.484 e. The van der Waals surface area contributed by atoms with Gasteiger partial charge in [0.1, 0.15) is 22.9 Å². The molecule has 2 heterocycles. The first-order chi connectivity index (χ1) is 13.7. The lowest BCUT2D eigenvalue weighted by Crippen LogP contribution is -2.38. The third-order valence-electron chi connectivity index (χ3n) is 4.78. The first-order valence-corrected chi connectivity index (χ1v) is 9.42. The van der Waals surface area contributed by atoms with Crippen LogP contribution in [-0.2, 0) is 29.0 Å². The highest BCUT2D eigenvalue weighted by Crippen LogP contribution is 2.33. The monoisotopic (exact) mass is 382 g/mol. The first-order valence-electron chi connectivity index (χ1n) is 9.42. The van der Waals surface area contributed by atoms with Crippen molar-refractivity contribution in [1.82, 2.24) is 10.6 Å². The third kappa shape index (κ3) is 4.19. The molecular weight excluding hydrogens is 360 g/mol. The fourth-order valence-electron chi connectivity index (χ4n) is 3.37. The number of hydrogen-bond donors (Lipinski definition) is 2. The van der Waals surface area contributed by atoms with E-state index < -0.39 is 0 Å². The molecule has 0 saturated carbocycles. The van der Waals surface area contributed by atoms with Gasteiger partial charge in [0.2, 0.25) is 5.91 Å². The van der Waals surface area contributed by atoms with Gasteiger partial charge in [-0.2, -0.15) is 0 Å². The van der Waals surface area contributed by atoms with Crippen LogP contribution < -0.4 is 15.4 Å². The van der Waals surface area contributed by atoms with E-state index in [0.717, 1.165) is 42.4 Å². The van der Waals surface area contributed by atoms with Crippen molar-refractivity contribution in [2.45, 2.75) is 32.2 Å². The summed E-state index contributed by atoms with van der Waals surface area (Å²) in [6.07, 6.45) is 5.85. The number of aryl methyl sites for hydroxylation is 2. The van der Waals surface area contributed by atoms with Gasteiger partial charge in [-0.05, 0) is 49.6 Å². The maximum Gasteiger partial charge on any atom is 0.258 e. The SMILES string of the molecule is O=C(CNC(=O)COc1ccc2oc3c(c2c1)CCCC3)NCc1ccco1. The van der Waals surface area contributed by atoms with Crippen LogP contribution in [0.5, 0.6) is 5.75 Å². The Labute approximate surface area is 162 Å². The predicted molar refractivity (Wildman–Crippen MR) is 102 cm³/mol. The van der Waals surface area contributed by atoms with Crippen molar-refractivity contribution in [3.63, 3.8) is 0 Å². The van der Waals surface area contributed by atoms with E-state index in [1.807, 2.05) is 12.1 Å². The van der Waals surface area contributed by atoms with Crippen LogP contribution in [0.3, 0.4) is 0 Å². The molecule has 7 heteroatoms. The molecule has 2 N–H and O–H groups in total. The van der Waals surface area contributed by atoms with E-state index in [9.17, 15) is 9.59 Å². The van der Waals surface area contributed by atoms with E-state index >= 15 is 0 Å². The molecule has 0 unspecified atom stereocenters. The summed E-state index contributed by atoms with van der Waals surface area (Å²) in [6, 6.07) is 9.11. The number of furan rings is 2. The van der Waals surface area contributed by atoms with Crippen LogP contribution in [0.2, 0.25) is 0 Å². The number of benzene rings is 1. The van der Waals surface area contributed by atoms with Gasteiger partial charge in [-0.3, -0.25) is 9.59 Å². The molecule has 7 nitrogen and oxygen atoms in total. The summed E-state index contributed by atoms with van der Waals surface area (Å²) < 4.78 is 16.6. The fourth-order valence-corrected chi connectivity index (χ4v) is 3.37. The highest BCUT2D eigenvalue weighted by Gasteiger charge is 2.18. The molecule has 0 saturated heterocycles. The topological polar surface area (TPSA) is 93.7 Å². The number of ether oxygens (including phenoxy) is 1. The van der Waals surface area contributed by atoms with Crippen molar-refractivity contribution in [2.75, 3.05) is 13.2 Å². The van der Waals surface area contributed by atoms with E-state index in [-0.39, 0.29) is 31.5 Å². The summed E-state index contributed by atoms with van der Waals surface area (Å²) in [5.74, 6) is 1.68. The van der Waals surface area contributed by atoms with E-state index in [1.54, 1.807) is 18.2 Å². The van der Waals surface area contributed by atoms with Crippen molar-refractivity contribution >= 4 is 22.8 Å². The van der Waals surface area contributed by atoms with Crippen LogP contribution in [0.15, 0.2) is 45.4 Å². The van der Waals surface area contributed by atoms with Gasteiger partial charge in [0.25, 0.3) is 5.91 Å². The lowest BCUT2D eigenvalue weighted by Gasteiger charge is -2.09. The molecule has 146 valence electrons. The van der Waals surface area contributed by atoms with Gasteiger partial charge < -0.3 is 24.2 Å². The van der Waals surface area contributed by atoms with Crippen molar-refractivity contribution in [1.29, 1.82) is 0 Å². The average Bonchev–Trinajstić information content (AvgIpc) is 3.36. The van der Waals surface area contributed by atoms with Gasteiger partial charge in [0, 0.05) is 17.4 Å². The summed E-state index contributed by atoms with van der Waals surface area (Å²) in [7, 11) is 0. The minimum absolute atomic E-state index is 0.114. The number of carbonyl (C=O) groups is 2. The molecular formula is C21H22N2O5. The van der Waals surface area contributed by atoms with Crippen LogP contribution in [0.25, 0.3) is 11.0 Å². The molecule has 0 radical (unpaired) electrons. The lowest BCUT2D eigenvalue weighted by atomic mass is 9.96. The molecule has 0 atom stereocenters. The third-order valence-corrected chi connectivity index (χ3v) is 4.78. The second-order valence-corrected chi connectivity index (χ2v) is 6.79. The normalized spacial score (nSPS) is 13.1. The maximum absolute atomic E-state index is 11.9. The maximum atomic E-state index is 11.9. The zero-order chi connectivity index (χ0) is 19.3. The number of amides is 2. The molecule has 4 rings (SSSR count). The summed E-state index contributed by atoms with van der Waals surface area (Å²) in [6.45, 7) is 0.0153. The average molecular weight is 382 g/mol. The second-order valence-electron chi connectivity index (χ2n) is 6.79. The molecule has 28 heavy (non-hydrogen) atoms. The van der Waals surface area contributed by atoms with Crippen molar-refractivity contribution in [3.8, 4) is 5.75 Å². The number of fused-ring (bicyclic) bond motifs is 3. The van der Waals surface area contributed by atoms with Gasteiger partial charge in [-0.15, -0.1) is 0 Å². The number of hydrogen-bond acceptors (Lipinski definition) is 5. The molecule has 1 aliphatic rings.